The lowest BCUT2D eigenvalue weighted by atomic mass is 10.0. The number of carbonyl (C=O) groups excluding carboxylic acids is 2. The number of thiophene rings is 1. The molecule has 172 valence electrons. The Hall–Kier alpha value is -2.97. The van der Waals surface area contributed by atoms with Crippen LogP contribution in [0, 0.1) is 0 Å². The Morgan fingerprint density at radius 3 is 2.85 bits per heavy atom. The van der Waals surface area contributed by atoms with Crippen LogP contribution in [-0.4, -0.2) is 50.2 Å². The largest absolute Gasteiger partial charge is 0.383 e. The molecule has 0 saturated carbocycles. The Bertz CT molecular complexity index is 1210. The minimum atomic E-state index is -0.478. The summed E-state index contributed by atoms with van der Waals surface area (Å²) in [5, 5.41) is 0.790. The van der Waals surface area contributed by atoms with Gasteiger partial charge in [-0.15, -0.1) is 11.3 Å². The number of amides is 2. The SMILES string of the molecule is CCC[C@H]1C(=O)N(Cc2ccc3c(N)ncnc3c2)[C@@H](C)CN1C(=O)C=Cc1ccc(Cl)s1. The van der Waals surface area contributed by atoms with Crippen LogP contribution in [0.2, 0.25) is 4.34 Å². The highest BCUT2D eigenvalue weighted by Gasteiger charge is 2.39. The topological polar surface area (TPSA) is 92.4 Å². The third kappa shape index (κ3) is 5.02. The molecule has 1 aromatic carbocycles. The Morgan fingerprint density at radius 1 is 1.30 bits per heavy atom. The smallest absolute Gasteiger partial charge is 0.247 e. The van der Waals surface area contributed by atoms with E-state index in [1.165, 1.54) is 23.7 Å². The fourth-order valence-electron chi connectivity index (χ4n) is 4.17. The minimum Gasteiger partial charge on any atom is -0.383 e. The van der Waals surface area contributed by atoms with Crippen molar-refractivity contribution in [1.29, 1.82) is 0 Å². The molecule has 0 unspecified atom stereocenters. The molecule has 0 aliphatic carbocycles. The quantitative estimate of drug-likeness (QED) is 0.525. The number of aromatic nitrogens is 2. The van der Waals surface area contributed by atoms with Gasteiger partial charge < -0.3 is 15.5 Å². The van der Waals surface area contributed by atoms with Crippen molar-refractivity contribution in [3.63, 3.8) is 0 Å². The number of halogens is 1. The Kier molecular flexibility index (Phi) is 6.95. The van der Waals surface area contributed by atoms with E-state index in [4.69, 9.17) is 17.3 Å². The molecule has 1 fully saturated rings. The number of hydrogen-bond acceptors (Lipinski definition) is 6. The third-order valence-corrected chi connectivity index (χ3v) is 7.05. The van der Waals surface area contributed by atoms with Gasteiger partial charge in [-0.3, -0.25) is 9.59 Å². The molecule has 3 heterocycles. The van der Waals surface area contributed by atoms with E-state index in [0.717, 1.165) is 27.8 Å². The van der Waals surface area contributed by atoms with Crippen LogP contribution in [0.4, 0.5) is 5.82 Å². The molecule has 1 aliphatic heterocycles. The zero-order valence-corrected chi connectivity index (χ0v) is 20.1. The number of nitrogens with zero attached hydrogens (tertiary/aromatic N) is 4. The van der Waals surface area contributed by atoms with Gasteiger partial charge in [-0.05, 0) is 49.2 Å². The number of nitrogens with two attached hydrogens (primary N) is 1. The second-order valence-electron chi connectivity index (χ2n) is 8.20. The van der Waals surface area contributed by atoms with E-state index in [2.05, 4.69) is 9.97 Å². The van der Waals surface area contributed by atoms with Gasteiger partial charge >= 0.3 is 0 Å². The summed E-state index contributed by atoms with van der Waals surface area (Å²) < 4.78 is 0.672. The van der Waals surface area contributed by atoms with E-state index in [1.54, 1.807) is 17.0 Å². The molecule has 7 nitrogen and oxygen atoms in total. The number of rotatable bonds is 6. The molecule has 2 amide bonds. The van der Waals surface area contributed by atoms with Gasteiger partial charge in [0.05, 0.1) is 9.85 Å². The van der Waals surface area contributed by atoms with Gasteiger partial charge in [-0.1, -0.05) is 31.0 Å². The Morgan fingerprint density at radius 2 is 2.12 bits per heavy atom. The van der Waals surface area contributed by atoms with Gasteiger partial charge in [0.1, 0.15) is 18.2 Å². The van der Waals surface area contributed by atoms with Crippen molar-refractivity contribution in [3.05, 3.63) is 57.5 Å². The third-order valence-electron chi connectivity index (χ3n) is 5.85. The molecule has 1 aliphatic rings. The molecule has 0 spiro atoms. The van der Waals surface area contributed by atoms with Crippen molar-refractivity contribution in [3.8, 4) is 0 Å². The first kappa shape index (κ1) is 23.2. The maximum Gasteiger partial charge on any atom is 0.247 e. The van der Waals surface area contributed by atoms with Gasteiger partial charge in [0.25, 0.3) is 0 Å². The minimum absolute atomic E-state index is 0.0289. The van der Waals surface area contributed by atoms with Crippen LogP contribution in [0.3, 0.4) is 0 Å². The fourth-order valence-corrected chi connectivity index (χ4v) is 5.13. The number of carbonyl (C=O) groups is 2. The summed E-state index contributed by atoms with van der Waals surface area (Å²) in [6, 6.07) is 8.85. The number of hydrogen-bond donors (Lipinski definition) is 1. The van der Waals surface area contributed by atoms with Crippen molar-refractivity contribution in [2.24, 2.45) is 0 Å². The molecule has 2 atom stereocenters. The van der Waals surface area contributed by atoms with Crippen molar-refractivity contribution >= 4 is 57.5 Å². The molecule has 33 heavy (non-hydrogen) atoms. The Labute approximate surface area is 201 Å². The van der Waals surface area contributed by atoms with Crippen LogP contribution in [-0.2, 0) is 16.1 Å². The van der Waals surface area contributed by atoms with Crippen molar-refractivity contribution in [2.45, 2.75) is 45.3 Å². The molecular formula is C24H26ClN5O2S. The summed E-state index contributed by atoms with van der Waals surface area (Å²) in [6.07, 6.45) is 6.15. The predicted octanol–water partition coefficient (Wildman–Crippen LogP) is 4.37. The van der Waals surface area contributed by atoms with Crippen LogP contribution >= 0.6 is 22.9 Å². The summed E-state index contributed by atoms with van der Waals surface area (Å²) in [5.41, 5.74) is 7.64. The number of benzene rings is 1. The van der Waals surface area contributed by atoms with Gasteiger partial charge in [-0.2, -0.15) is 0 Å². The van der Waals surface area contributed by atoms with Crippen molar-refractivity contribution < 1.29 is 9.59 Å². The van der Waals surface area contributed by atoms with Gasteiger partial charge in [-0.25, -0.2) is 9.97 Å². The molecule has 1 saturated heterocycles. The first-order chi connectivity index (χ1) is 15.9. The summed E-state index contributed by atoms with van der Waals surface area (Å²) >= 11 is 7.38. The first-order valence-corrected chi connectivity index (χ1v) is 12.1. The van der Waals surface area contributed by atoms with E-state index in [9.17, 15) is 9.59 Å². The lowest BCUT2D eigenvalue weighted by Gasteiger charge is -2.44. The van der Waals surface area contributed by atoms with E-state index >= 15 is 0 Å². The van der Waals surface area contributed by atoms with Crippen molar-refractivity contribution in [1.82, 2.24) is 19.8 Å². The molecule has 4 rings (SSSR count). The highest BCUT2D eigenvalue weighted by molar-refractivity contribution is 7.17. The second kappa shape index (κ2) is 9.89. The van der Waals surface area contributed by atoms with Crippen LogP contribution in [0.15, 0.2) is 42.7 Å². The maximum absolute atomic E-state index is 13.5. The average molecular weight is 484 g/mol. The molecule has 0 bridgehead atoms. The van der Waals surface area contributed by atoms with Crippen LogP contribution < -0.4 is 5.73 Å². The summed E-state index contributed by atoms with van der Waals surface area (Å²) in [5.74, 6) is 0.249. The number of fused-ring (bicyclic) bond motifs is 1. The molecule has 2 aromatic heterocycles. The normalized spacial score (nSPS) is 19.1. The predicted molar refractivity (Wildman–Crippen MR) is 133 cm³/mol. The molecule has 3 aromatic rings. The summed E-state index contributed by atoms with van der Waals surface area (Å²) in [7, 11) is 0. The first-order valence-electron chi connectivity index (χ1n) is 10.9. The maximum atomic E-state index is 13.5. The van der Waals surface area contributed by atoms with Crippen LogP contribution in [0.1, 0.15) is 37.1 Å². The average Bonchev–Trinajstić information content (AvgIpc) is 3.22. The monoisotopic (exact) mass is 483 g/mol. The van der Waals surface area contributed by atoms with Gasteiger partial charge in [0, 0.05) is 35.5 Å². The lowest BCUT2D eigenvalue weighted by Crippen LogP contribution is -2.61. The van der Waals surface area contributed by atoms with E-state index in [1.807, 2.05) is 43.0 Å². The molecule has 2 N–H and O–H groups in total. The standard InChI is InChI=1S/C24H26ClN5O2S/c1-3-4-20-24(32)29(13-16-5-8-18-19(11-16)27-14-28-23(18)26)15(2)12-30(20)22(31)10-7-17-6-9-21(25)33-17/h5-11,14-15,20H,3-4,12-13H2,1-2H3,(H2,26,27,28)/t15-,20-/m0/s1. The summed E-state index contributed by atoms with van der Waals surface area (Å²) in [6.45, 7) is 4.93. The van der Waals surface area contributed by atoms with Gasteiger partial charge in [0.15, 0.2) is 0 Å². The van der Waals surface area contributed by atoms with Crippen LogP contribution in [0.25, 0.3) is 17.0 Å². The number of nitrogen functional groups attached to an aromatic ring is 1. The second-order valence-corrected chi connectivity index (χ2v) is 9.94. The number of anilines is 1. The van der Waals surface area contributed by atoms with Crippen LogP contribution in [0.5, 0.6) is 0 Å². The highest BCUT2D eigenvalue weighted by atomic mass is 35.5. The molecular weight excluding hydrogens is 458 g/mol. The van der Waals surface area contributed by atoms with Gasteiger partial charge in [0.2, 0.25) is 11.8 Å². The molecule has 9 heteroatoms. The molecule has 0 radical (unpaired) electrons. The fraction of sp³-hybridized carbons (Fsp3) is 0.333. The lowest BCUT2D eigenvalue weighted by molar-refractivity contribution is -0.153. The highest BCUT2D eigenvalue weighted by Crippen LogP contribution is 2.26. The Balaban J connectivity index is 1.53. The zero-order chi connectivity index (χ0) is 23.5. The van der Waals surface area contributed by atoms with E-state index < -0.39 is 6.04 Å². The zero-order valence-electron chi connectivity index (χ0n) is 18.6. The number of piperazine rings is 1. The van der Waals surface area contributed by atoms with E-state index in [-0.39, 0.29) is 17.9 Å². The van der Waals surface area contributed by atoms with Crippen molar-refractivity contribution in [2.75, 3.05) is 12.3 Å². The van der Waals surface area contributed by atoms with E-state index in [0.29, 0.717) is 29.7 Å². The summed E-state index contributed by atoms with van der Waals surface area (Å²) in [4.78, 5) is 39.3.